The molecule has 1 unspecified atom stereocenters. The van der Waals surface area contributed by atoms with Gasteiger partial charge < -0.3 is 10.6 Å². The van der Waals surface area contributed by atoms with Crippen molar-refractivity contribution in [3.63, 3.8) is 0 Å². The van der Waals surface area contributed by atoms with Gasteiger partial charge in [-0.2, -0.15) is 0 Å². The molecule has 2 N–H and O–H groups in total. The van der Waals surface area contributed by atoms with E-state index < -0.39 is 0 Å². The van der Waals surface area contributed by atoms with Gasteiger partial charge in [0.1, 0.15) is 0 Å². The molecule has 1 aromatic rings. The monoisotopic (exact) mass is 329 g/mol. The van der Waals surface area contributed by atoms with Gasteiger partial charge in [0.25, 0.3) is 0 Å². The van der Waals surface area contributed by atoms with Crippen LogP contribution in [0.25, 0.3) is 0 Å². The summed E-state index contributed by atoms with van der Waals surface area (Å²) in [6, 6.07) is 8.74. The normalized spacial score (nSPS) is 23.1. The highest BCUT2D eigenvalue weighted by atomic mass is 16.1. The first-order valence-electron chi connectivity index (χ1n) is 9.49. The van der Waals surface area contributed by atoms with Gasteiger partial charge >= 0.3 is 0 Å². The Kier molecular flexibility index (Phi) is 6.27. The van der Waals surface area contributed by atoms with E-state index in [0.29, 0.717) is 6.54 Å². The van der Waals surface area contributed by atoms with Crippen molar-refractivity contribution in [1.29, 1.82) is 0 Å². The molecule has 2 heterocycles. The van der Waals surface area contributed by atoms with E-state index in [1.807, 2.05) is 0 Å². The molecule has 0 aromatic heterocycles. The van der Waals surface area contributed by atoms with Crippen molar-refractivity contribution in [2.45, 2.75) is 45.7 Å². The summed E-state index contributed by atoms with van der Waals surface area (Å²) in [6.45, 7) is 8.40. The summed E-state index contributed by atoms with van der Waals surface area (Å²) in [5, 5.41) is 6.40. The van der Waals surface area contributed by atoms with Crippen molar-refractivity contribution in [2.75, 3.05) is 26.2 Å². The maximum atomic E-state index is 12.2. The smallest absolute Gasteiger partial charge is 0.223 e. The van der Waals surface area contributed by atoms with Crippen molar-refractivity contribution >= 4 is 5.91 Å². The topological polar surface area (TPSA) is 44.4 Å². The number of likely N-dealkylation sites (tertiary alicyclic amines) is 1. The average Bonchev–Trinajstić information content (AvgIpc) is 2.62. The van der Waals surface area contributed by atoms with Crippen LogP contribution in [-0.2, 0) is 17.9 Å². The molecule has 2 aliphatic rings. The third-order valence-corrected chi connectivity index (χ3v) is 5.35. The molecule has 4 nitrogen and oxygen atoms in total. The number of amides is 1. The average molecular weight is 329 g/mol. The molecule has 1 atom stereocenters. The Morgan fingerprint density at radius 1 is 1.17 bits per heavy atom. The highest BCUT2D eigenvalue weighted by Gasteiger charge is 2.20. The zero-order valence-corrected chi connectivity index (χ0v) is 14.9. The number of nitrogens with zero attached hydrogens (tertiary/aromatic N) is 1. The molecule has 2 aliphatic heterocycles. The molecule has 3 rings (SSSR count). The van der Waals surface area contributed by atoms with Gasteiger partial charge in [-0.25, -0.2) is 0 Å². The van der Waals surface area contributed by atoms with Crippen molar-refractivity contribution < 1.29 is 4.79 Å². The fourth-order valence-electron chi connectivity index (χ4n) is 3.87. The van der Waals surface area contributed by atoms with E-state index in [1.54, 1.807) is 0 Å². The molecule has 2 saturated heterocycles. The number of hydrogen-bond donors (Lipinski definition) is 2. The molecule has 1 aromatic carbocycles. The number of rotatable bonds is 5. The molecule has 0 radical (unpaired) electrons. The van der Waals surface area contributed by atoms with Crippen LogP contribution >= 0.6 is 0 Å². The molecule has 0 saturated carbocycles. The third-order valence-electron chi connectivity index (χ3n) is 5.35. The summed E-state index contributed by atoms with van der Waals surface area (Å²) >= 11 is 0. The summed E-state index contributed by atoms with van der Waals surface area (Å²) in [4.78, 5) is 14.7. The lowest BCUT2D eigenvalue weighted by Crippen LogP contribution is -2.37. The SMILES string of the molecule is CC1CCCN(Cc2ccc(CNC(=O)C3CCNCC3)cc2)C1. The van der Waals surface area contributed by atoms with E-state index in [9.17, 15) is 4.79 Å². The van der Waals surface area contributed by atoms with Gasteiger partial charge in [0.15, 0.2) is 0 Å². The molecule has 0 aliphatic carbocycles. The zero-order chi connectivity index (χ0) is 16.8. The zero-order valence-electron chi connectivity index (χ0n) is 14.9. The minimum absolute atomic E-state index is 0.187. The Morgan fingerprint density at radius 2 is 1.88 bits per heavy atom. The van der Waals surface area contributed by atoms with Crippen LogP contribution in [0, 0.1) is 11.8 Å². The van der Waals surface area contributed by atoms with Crippen LogP contribution in [0.15, 0.2) is 24.3 Å². The molecule has 24 heavy (non-hydrogen) atoms. The largest absolute Gasteiger partial charge is 0.352 e. The lowest BCUT2D eigenvalue weighted by molar-refractivity contribution is -0.125. The maximum absolute atomic E-state index is 12.2. The summed E-state index contributed by atoms with van der Waals surface area (Å²) in [5.41, 5.74) is 2.56. The number of carbonyl (C=O) groups is 1. The Labute approximate surface area is 146 Å². The Hall–Kier alpha value is -1.39. The molecule has 132 valence electrons. The number of piperidine rings is 2. The molecule has 4 heteroatoms. The summed E-state index contributed by atoms with van der Waals surface area (Å²) in [7, 11) is 0. The van der Waals surface area contributed by atoms with E-state index >= 15 is 0 Å². The van der Waals surface area contributed by atoms with Gasteiger partial charge in [-0.3, -0.25) is 9.69 Å². The van der Waals surface area contributed by atoms with Gasteiger partial charge in [0.2, 0.25) is 5.91 Å². The number of benzene rings is 1. The second kappa shape index (κ2) is 8.63. The Bertz CT molecular complexity index is 522. The van der Waals surface area contributed by atoms with Gasteiger partial charge in [0.05, 0.1) is 0 Å². The molecule has 0 bridgehead atoms. The van der Waals surface area contributed by atoms with Gasteiger partial charge in [-0.15, -0.1) is 0 Å². The predicted molar refractivity (Wildman–Crippen MR) is 97.6 cm³/mol. The fraction of sp³-hybridized carbons (Fsp3) is 0.650. The number of nitrogens with one attached hydrogen (secondary N) is 2. The lowest BCUT2D eigenvalue weighted by Gasteiger charge is -2.30. The van der Waals surface area contributed by atoms with Crippen molar-refractivity contribution in [3.8, 4) is 0 Å². The van der Waals surface area contributed by atoms with Crippen LogP contribution < -0.4 is 10.6 Å². The first-order valence-corrected chi connectivity index (χ1v) is 9.49. The van der Waals surface area contributed by atoms with Crippen LogP contribution in [0.5, 0.6) is 0 Å². The highest BCUT2D eigenvalue weighted by molar-refractivity contribution is 5.78. The van der Waals surface area contributed by atoms with Crippen molar-refractivity contribution in [3.05, 3.63) is 35.4 Å². The van der Waals surface area contributed by atoms with Crippen LogP contribution in [0.3, 0.4) is 0 Å². The molecular formula is C20H31N3O. The predicted octanol–water partition coefficient (Wildman–Crippen LogP) is 2.53. The number of carbonyl (C=O) groups excluding carboxylic acids is 1. The maximum Gasteiger partial charge on any atom is 0.223 e. The fourth-order valence-corrected chi connectivity index (χ4v) is 3.87. The van der Waals surface area contributed by atoms with Crippen molar-refractivity contribution in [2.24, 2.45) is 11.8 Å². The highest BCUT2D eigenvalue weighted by Crippen LogP contribution is 2.18. The van der Waals surface area contributed by atoms with Crippen LogP contribution in [0.1, 0.15) is 43.7 Å². The molecule has 2 fully saturated rings. The minimum Gasteiger partial charge on any atom is -0.352 e. The standard InChI is InChI=1S/C20H31N3O/c1-16-3-2-12-23(14-16)15-18-6-4-17(5-7-18)13-22-20(24)19-8-10-21-11-9-19/h4-7,16,19,21H,2-3,8-15H2,1H3,(H,22,24). The van der Waals surface area contributed by atoms with Gasteiger partial charge in [-0.1, -0.05) is 31.2 Å². The van der Waals surface area contributed by atoms with E-state index in [-0.39, 0.29) is 11.8 Å². The summed E-state index contributed by atoms with van der Waals surface area (Å²) in [5.74, 6) is 1.22. The molecule has 1 amide bonds. The summed E-state index contributed by atoms with van der Waals surface area (Å²) < 4.78 is 0. The lowest BCUT2D eigenvalue weighted by atomic mass is 9.97. The van der Waals surface area contributed by atoms with E-state index in [2.05, 4.69) is 46.7 Å². The Morgan fingerprint density at radius 3 is 2.58 bits per heavy atom. The molecular weight excluding hydrogens is 298 g/mol. The van der Waals surface area contributed by atoms with Gasteiger partial charge in [0, 0.05) is 25.6 Å². The van der Waals surface area contributed by atoms with E-state index in [0.717, 1.165) is 38.4 Å². The second-order valence-electron chi connectivity index (χ2n) is 7.54. The first-order chi connectivity index (χ1) is 11.7. The quantitative estimate of drug-likeness (QED) is 0.872. The van der Waals surface area contributed by atoms with Crippen LogP contribution in [0.2, 0.25) is 0 Å². The van der Waals surface area contributed by atoms with Crippen molar-refractivity contribution in [1.82, 2.24) is 15.5 Å². The molecule has 0 spiro atoms. The minimum atomic E-state index is 0.187. The third kappa shape index (κ3) is 5.05. The second-order valence-corrected chi connectivity index (χ2v) is 7.54. The van der Waals surface area contributed by atoms with Crippen LogP contribution in [0.4, 0.5) is 0 Å². The number of hydrogen-bond acceptors (Lipinski definition) is 3. The van der Waals surface area contributed by atoms with E-state index in [1.165, 1.54) is 37.1 Å². The van der Waals surface area contributed by atoms with Crippen LogP contribution in [-0.4, -0.2) is 37.0 Å². The Balaban J connectivity index is 1.44. The van der Waals surface area contributed by atoms with E-state index in [4.69, 9.17) is 0 Å². The first kappa shape index (κ1) is 17.4. The summed E-state index contributed by atoms with van der Waals surface area (Å²) in [6.07, 6.45) is 4.60. The van der Waals surface area contributed by atoms with Gasteiger partial charge in [-0.05, 0) is 62.4 Å².